The van der Waals surface area contributed by atoms with Gasteiger partial charge >= 0.3 is 6.09 Å². The average Bonchev–Trinajstić information content (AvgIpc) is 2.72. The minimum Gasteiger partial charge on any atom is -0.444 e. The van der Waals surface area contributed by atoms with Gasteiger partial charge in [0.2, 0.25) is 0 Å². The van der Waals surface area contributed by atoms with Gasteiger partial charge in [-0.05, 0) is 34.1 Å². The topological polar surface area (TPSA) is 56.2 Å². The zero-order chi connectivity index (χ0) is 14.5. The molecule has 0 radical (unpaired) electrons. The first-order chi connectivity index (χ1) is 8.83. The molecule has 1 heterocycles. The maximum atomic E-state index is 11.6. The Balaban J connectivity index is 2.56. The van der Waals surface area contributed by atoms with Crippen LogP contribution < -0.4 is 5.32 Å². The van der Waals surface area contributed by atoms with Crippen LogP contribution in [0.3, 0.4) is 0 Å². The number of nitrogens with one attached hydrogen (secondary N) is 1. The van der Waals surface area contributed by atoms with Gasteiger partial charge in [-0.1, -0.05) is 6.08 Å². The number of aromatic nitrogens is 2. The second-order valence-electron chi connectivity index (χ2n) is 5.52. The van der Waals surface area contributed by atoms with E-state index in [0.717, 1.165) is 12.1 Å². The summed E-state index contributed by atoms with van der Waals surface area (Å²) in [5.41, 5.74) is 0.459. The minimum atomic E-state index is -0.486. The van der Waals surface area contributed by atoms with Gasteiger partial charge in [-0.2, -0.15) is 0 Å². The van der Waals surface area contributed by atoms with E-state index in [1.54, 1.807) is 12.5 Å². The molecule has 0 bridgehead atoms. The van der Waals surface area contributed by atoms with Crippen molar-refractivity contribution in [2.45, 2.75) is 52.3 Å². The van der Waals surface area contributed by atoms with E-state index in [4.69, 9.17) is 4.74 Å². The van der Waals surface area contributed by atoms with Gasteiger partial charge in [0.05, 0.1) is 18.6 Å². The molecule has 0 saturated heterocycles. The summed E-state index contributed by atoms with van der Waals surface area (Å²) >= 11 is 0. The predicted molar refractivity (Wildman–Crippen MR) is 74.8 cm³/mol. The quantitative estimate of drug-likeness (QED) is 0.832. The lowest BCUT2D eigenvalue weighted by Crippen LogP contribution is -2.32. The molecule has 1 amide bonds. The van der Waals surface area contributed by atoms with E-state index < -0.39 is 11.7 Å². The summed E-state index contributed by atoms with van der Waals surface area (Å²) in [6.45, 7) is 11.7. The van der Waals surface area contributed by atoms with Crippen LogP contribution >= 0.6 is 0 Å². The Bertz CT molecular complexity index is 432. The number of ether oxygens (including phenoxy) is 1. The molecular weight excluding hydrogens is 242 g/mol. The largest absolute Gasteiger partial charge is 0.444 e. The molecule has 19 heavy (non-hydrogen) atoms. The lowest BCUT2D eigenvalue weighted by atomic mass is 10.2. The first-order valence-electron chi connectivity index (χ1n) is 6.42. The second kappa shape index (κ2) is 6.41. The van der Waals surface area contributed by atoms with Crippen LogP contribution in [0.2, 0.25) is 0 Å². The summed E-state index contributed by atoms with van der Waals surface area (Å²) in [4.78, 5) is 15.7. The fraction of sp³-hybridized carbons (Fsp3) is 0.571. The van der Waals surface area contributed by atoms with Crippen molar-refractivity contribution in [2.24, 2.45) is 0 Å². The number of carbonyl (C=O) groups is 1. The maximum absolute atomic E-state index is 11.6. The molecule has 1 rings (SSSR count). The maximum Gasteiger partial charge on any atom is 0.407 e. The van der Waals surface area contributed by atoms with Gasteiger partial charge in [-0.15, -0.1) is 6.58 Å². The van der Waals surface area contributed by atoms with E-state index in [1.165, 1.54) is 0 Å². The Labute approximate surface area is 114 Å². The molecule has 0 aliphatic heterocycles. The van der Waals surface area contributed by atoms with Crippen LogP contribution in [0.1, 0.15) is 45.9 Å². The molecule has 0 aliphatic carbocycles. The predicted octanol–water partition coefficient (Wildman–Crippen LogP) is 3.04. The molecule has 5 nitrogen and oxygen atoms in total. The molecular formula is C14H23N3O2. The Kier molecular flexibility index (Phi) is 5.15. The fourth-order valence-corrected chi connectivity index (χ4v) is 1.70. The highest BCUT2D eigenvalue weighted by Crippen LogP contribution is 2.14. The van der Waals surface area contributed by atoms with E-state index in [2.05, 4.69) is 23.8 Å². The number of hydrogen-bond acceptors (Lipinski definition) is 3. The number of allylic oxidation sites excluding steroid dienone is 1. The standard InChI is InChI=1S/C14H23N3O2/c1-6-7-11(2)17-10-15-8-12(17)9-16-13(18)19-14(3,4)5/h6,8,10-11H,1,7,9H2,2-5H3,(H,16,18). The number of nitrogens with zero attached hydrogens (tertiary/aromatic N) is 2. The monoisotopic (exact) mass is 265 g/mol. The normalized spacial score (nSPS) is 12.8. The summed E-state index contributed by atoms with van der Waals surface area (Å²) in [7, 11) is 0. The van der Waals surface area contributed by atoms with Crippen LogP contribution in [-0.2, 0) is 11.3 Å². The highest BCUT2D eigenvalue weighted by molar-refractivity contribution is 5.67. The van der Waals surface area contributed by atoms with Crippen molar-refractivity contribution in [1.82, 2.24) is 14.9 Å². The molecule has 1 unspecified atom stereocenters. The number of alkyl carbamates (subject to hydrolysis) is 1. The summed E-state index contributed by atoms with van der Waals surface area (Å²) in [6, 6.07) is 0.274. The number of amides is 1. The Morgan fingerprint density at radius 2 is 2.32 bits per heavy atom. The third-order valence-corrected chi connectivity index (χ3v) is 2.54. The van der Waals surface area contributed by atoms with Crippen molar-refractivity contribution < 1.29 is 9.53 Å². The fourth-order valence-electron chi connectivity index (χ4n) is 1.70. The van der Waals surface area contributed by atoms with Crippen molar-refractivity contribution >= 4 is 6.09 Å². The van der Waals surface area contributed by atoms with E-state index in [1.807, 2.05) is 31.4 Å². The van der Waals surface area contributed by atoms with Crippen molar-refractivity contribution in [3.63, 3.8) is 0 Å². The van der Waals surface area contributed by atoms with Crippen LogP contribution in [0.25, 0.3) is 0 Å². The zero-order valence-electron chi connectivity index (χ0n) is 12.1. The molecule has 1 aromatic heterocycles. The van der Waals surface area contributed by atoms with Crippen molar-refractivity contribution in [3.8, 4) is 0 Å². The number of hydrogen-bond donors (Lipinski definition) is 1. The summed E-state index contributed by atoms with van der Waals surface area (Å²) < 4.78 is 7.21. The van der Waals surface area contributed by atoms with Gasteiger partial charge in [-0.3, -0.25) is 0 Å². The summed E-state index contributed by atoms with van der Waals surface area (Å²) in [5.74, 6) is 0. The first-order valence-corrected chi connectivity index (χ1v) is 6.42. The Morgan fingerprint density at radius 3 is 2.89 bits per heavy atom. The molecule has 0 aromatic carbocycles. The molecule has 5 heteroatoms. The third-order valence-electron chi connectivity index (χ3n) is 2.54. The highest BCUT2D eigenvalue weighted by Gasteiger charge is 2.16. The van der Waals surface area contributed by atoms with E-state index in [-0.39, 0.29) is 6.04 Å². The second-order valence-corrected chi connectivity index (χ2v) is 5.52. The molecule has 0 spiro atoms. The molecule has 0 aliphatic rings. The van der Waals surface area contributed by atoms with Crippen LogP contribution in [-0.4, -0.2) is 21.2 Å². The number of imidazole rings is 1. The first kappa shape index (κ1) is 15.3. The van der Waals surface area contributed by atoms with Gasteiger partial charge in [0.25, 0.3) is 0 Å². The van der Waals surface area contributed by atoms with Gasteiger partial charge in [0.1, 0.15) is 5.60 Å². The van der Waals surface area contributed by atoms with E-state index in [9.17, 15) is 4.79 Å². The van der Waals surface area contributed by atoms with Gasteiger partial charge in [-0.25, -0.2) is 9.78 Å². The highest BCUT2D eigenvalue weighted by atomic mass is 16.6. The zero-order valence-corrected chi connectivity index (χ0v) is 12.1. The SMILES string of the molecule is C=CCC(C)n1cncc1CNC(=O)OC(C)(C)C. The molecule has 106 valence electrons. The van der Waals surface area contributed by atoms with Crippen LogP contribution in [0.4, 0.5) is 4.79 Å². The lowest BCUT2D eigenvalue weighted by molar-refractivity contribution is 0.0522. The average molecular weight is 265 g/mol. The Morgan fingerprint density at radius 1 is 1.63 bits per heavy atom. The van der Waals surface area contributed by atoms with E-state index in [0.29, 0.717) is 6.54 Å². The Hall–Kier alpha value is -1.78. The summed E-state index contributed by atoms with van der Waals surface area (Å²) in [5, 5.41) is 2.73. The van der Waals surface area contributed by atoms with Crippen LogP contribution in [0.5, 0.6) is 0 Å². The van der Waals surface area contributed by atoms with Gasteiger partial charge in [0, 0.05) is 12.2 Å². The molecule has 0 saturated carbocycles. The lowest BCUT2D eigenvalue weighted by Gasteiger charge is -2.20. The van der Waals surface area contributed by atoms with Crippen molar-refractivity contribution in [2.75, 3.05) is 0 Å². The van der Waals surface area contributed by atoms with Crippen LogP contribution in [0.15, 0.2) is 25.2 Å². The molecule has 1 atom stereocenters. The number of carbonyl (C=O) groups excluding carboxylic acids is 1. The van der Waals surface area contributed by atoms with Gasteiger partial charge in [0.15, 0.2) is 0 Å². The van der Waals surface area contributed by atoms with Gasteiger partial charge < -0.3 is 14.6 Å². The smallest absolute Gasteiger partial charge is 0.407 e. The van der Waals surface area contributed by atoms with E-state index >= 15 is 0 Å². The van der Waals surface area contributed by atoms with Crippen LogP contribution in [0, 0.1) is 0 Å². The molecule has 1 aromatic rings. The number of rotatable bonds is 5. The molecule has 0 fully saturated rings. The third kappa shape index (κ3) is 5.16. The minimum absolute atomic E-state index is 0.274. The van der Waals surface area contributed by atoms with Crippen molar-refractivity contribution in [3.05, 3.63) is 30.9 Å². The summed E-state index contributed by atoms with van der Waals surface area (Å²) in [6.07, 6.45) is 5.82. The van der Waals surface area contributed by atoms with Crippen molar-refractivity contribution in [1.29, 1.82) is 0 Å². The molecule has 1 N–H and O–H groups in total.